The minimum Gasteiger partial charge on any atom is -0.493 e. The highest BCUT2D eigenvalue weighted by atomic mass is 16.6. The van der Waals surface area contributed by atoms with E-state index in [4.69, 9.17) is 9.47 Å². The number of hydrogen-bond donors (Lipinski definition) is 0. The van der Waals surface area contributed by atoms with Crippen LogP contribution in [-0.4, -0.2) is 36.5 Å². The quantitative estimate of drug-likeness (QED) is 0.569. The van der Waals surface area contributed by atoms with E-state index in [9.17, 15) is 14.9 Å². The second-order valence-electron chi connectivity index (χ2n) is 5.28. The van der Waals surface area contributed by atoms with Crippen LogP contribution in [0.15, 0.2) is 42.5 Å². The number of methoxy groups -OCH3 is 2. The molecular weight excluding hydrogens is 324 g/mol. The van der Waals surface area contributed by atoms with E-state index in [2.05, 4.69) is 0 Å². The zero-order valence-corrected chi connectivity index (χ0v) is 14.4. The molecule has 0 saturated carbocycles. The molecule has 0 heterocycles. The van der Waals surface area contributed by atoms with Gasteiger partial charge in [0.15, 0.2) is 11.5 Å². The highest BCUT2D eigenvalue weighted by Gasteiger charge is 2.23. The molecular formula is C18H20N2O5. The second-order valence-corrected chi connectivity index (χ2v) is 5.28. The van der Waals surface area contributed by atoms with Gasteiger partial charge in [0.1, 0.15) is 5.56 Å². The number of carbonyl (C=O) groups is 1. The number of nitrogens with zero attached hydrogens (tertiary/aromatic N) is 2. The van der Waals surface area contributed by atoms with Crippen LogP contribution in [-0.2, 0) is 6.54 Å². The number of benzene rings is 2. The Morgan fingerprint density at radius 2 is 1.80 bits per heavy atom. The zero-order valence-electron chi connectivity index (χ0n) is 14.4. The second kappa shape index (κ2) is 8.14. The summed E-state index contributed by atoms with van der Waals surface area (Å²) >= 11 is 0. The smallest absolute Gasteiger partial charge is 0.282 e. The standard InChI is InChI=1S/C18H20N2O5/c1-4-19(12-13-9-10-16(24-2)17(11-13)25-3)18(21)14-7-5-6-8-15(14)20(22)23/h5-11H,4,12H2,1-3H3. The van der Waals surface area contributed by atoms with Crippen LogP contribution in [0.25, 0.3) is 0 Å². The number of para-hydroxylation sites is 1. The summed E-state index contributed by atoms with van der Waals surface area (Å²) < 4.78 is 10.5. The van der Waals surface area contributed by atoms with Gasteiger partial charge in [-0.25, -0.2) is 0 Å². The molecule has 1 amide bonds. The molecule has 0 atom stereocenters. The number of ether oxygens (including phenoxy) is 2. The molecule has 0 spiro atoms. The largest absolute Gasteiger partial charge is 0.493 e. The maximum absolute atomic E-state index is 12.7. The summed E-state index contributed by atoms with van der Waals surface area (Å²) in [5.74, 6) is 0.776. The fraction of sp³-hybridized carbons (Fsp3) is 0.278. The summed E-state index contributed by atoms with van der Waals surface area (Å²) in [6.07, 6.45) is 0. The van der Waals surface area contributed by atoms with Crippen molar-refractivity contribution < 1.29 is 19.2 Å². The lowest BCUT2D eigenvalue weighted by atomic mass is 10.1. The summed E-state index contributed by atoms with van der Waals surface area (Å²) in [5, 5.41) is 11.2. The van der Waals surface area contributed by atoms with Gasteiger partial charge >= 0.3 is 0 Å². The third-order valence-corrected chi connectivity index (χ3v) is 3.82. The Bertz CT molecular complexity index is 776. The summed E-state index contributed by atoms with van der Waals surface area (Å²) in [4.78, 5) is 24.9. The Hall–Kier alpha value is -3.09. The monoisotopic (exact) mass is 344 g/mol. The molecule has 0 radical (unpaired) electrons. The highest BCUT2D eigenvalue weighted by molar-refractivity contribution is 5.98. The van der Waals surface area contributed by atoms with E-state index in [1.807, 2.05) is 13.0 Å². The van der Waals surface area contributed by atoms with Crippen molar-refractivity contribution in [1.82, 2.24) is 4.90 Å². The molecule has 0 aliphatic heterocycles. The summed E-state index contributed by atoms with van der Waals surface area (Å²) in [7, 11) is 3.09. The molecule has 2 rings (SSSR count). The third kappa shape index (κ3) is 4.06. The molecule has 0 bridgehead atoms. The predicted octanol–water partition coefficient (Wildman–Crippen LogP) is 3.27. The van der Waals surface area contributed by atoms with Crippen molar-refractivity contribution >= 4 is 11.6 Å². The first-order chi connectivity index (χ1) is 12.0. The van der Waals surface area contributed by atoms with E-state index in [1.165, 1.54) is 19.2 Å². The van der Waals surface area contributed by atoms with Crippen LogP contribution in [0.3, 0.4) is 0 Å². The number of amides is 1. The first kappa shape index (κ1) is 18.3. The Kier molecular flexibility index (Phi) is 5.94. The molecule has 7 nitrogen and oxygen atoms in total. The van der Waals surface area contributed by atoms with Crippen LogP contribution in [0, 0.1) is 10.1 Å². The number of nitro groups is 1. The molecule has 0 unspecified atom stereocenters. The maximum atomic E-state index is 12.7. The van der Waals surface area contributed by atoms with Crippen LogP contribution in [0.5, 0.6) is 11.5 Å². The topological polar surface area (TPSA) is 81.9 Å². The van der Waals surface area contributed by atoms with Crippen molar-refractivity contribution in [2.75, 3.05) is 20.8 Å². The number of nitro benzene ring substituents is 1. The van der Waals surface area contributed by atoms with Crippen molar-refractivity contribution in [3.63, 3.8) is 0 Å². The van der Waals surface area contributed by atoms with Crippen LogP contribution in [0.2, 0.25) is 0 Å². The molecule has 132 valence electrons. The van der Waals surface area contributed by atoms with E-state index >= 15 is 0 Å². The fourth-order valence-electron chi connectivity index (χ4n) is 2.51. The minimum absolute atomic E-state index is 0.0785. The minimum atomic E-state index is -0.544. The average molecular weight is 344 g/mol. The summed E-state index contributed by atoms with van der Waals surface area (Å²) in [6, 6.07) is 11.3. The number of carbonyl (C=O) groups excluding carboxylic acids is 1. The first-order valence-electron chi connectivity index (χ1n) is 7.75. The van der Waals surface area contributed by atoms with Crippen molar-refractivity contribution in [2.24, 2.45) is 0 Å². The molecule has 2 aromatic rings. The molecule has 25 heavy (non-hydrogen) atoms. The molecule has 0 aliphatic carbocycles. The van der Waals surface area contributed by atoms with Gasteiger partial charge in [-0.15, -0.1) is 0 Å². The Morgan fingerprint density at radius 1 is 1.12 bits per heavy atom. The fourth-order valence-corrected chi connectivity index (χ4v) is 2.51. The van der Waals surface area contributed by atoms with Gasteiger partial charge in [0.25, 0.3) is 11.6 Å². The summed E-state index contributed by atoms with van der Waals surface area (Å²) in [6.45, 7) is 2.55. The van der Waals surface area contributed by atoms with E-state index in [1.54, 1.807) is 36.3 Å². The van der Waals surface area contributed by atoms with E-state index in [0.717, 1.165) is 5.56 Å². The van der Waals surface area contributed by atoms with E-state index < -0.39 is 4.92 Å². The predicted molar refractivity (Wildman–Crippen MR) is 93.1 cm³/mol. The van der Waals surface area contributed by atoms with Crippen LogP contribution in [0.4, 0.5) is 5.69 Å². The first-order valence-corrected chi connectivity index (χ1v) is 7.75. The van der Waals surface area contributed by atoms with Crippen molar-refractivity contribution in [1.29, 1.82) is 0 Å². The molecule has 0 N–H and O–H groups in total. The van der Waals surface area contributed by atoms with Crippen LogP contribution in [0.1, 0.15) is 22.8 Å². The molecule has 0 saturated heterocycles. The van der Waals surface area contributed by atoms with Gasteiger partial charge in [-0.05, 0) is 30.7 Å². The Morgan fingerprint density at radius 3 is 2.40 bits per heavy atom. The lowest BCUT2D eigenvalue weighted by Gasteiger charge is -2.21. The SMILES string of the molecule is CCN(Cc1ccc(OC)c(OC)c1)C(=O)c1ccccc1[N+](=O)[O-]. The lowest BCUT2D eigenvalue weighted by molar-refractivity contribution is -0.385. The number of hydrogen-bond acceptors (Lipinski definition) is 5. The van der Waals surface area contributed by atoms with Gasteiger partial charge in [0, 0.05) is 19.2 Å². The van der Waals surface area contributed by atoms with Gasteiger partial charge in [-0.3, -0.25) is 14.9 Å². The lowest BCUT2D eigenvalue weighted by Crippen LogP contribution is -2.30. The average Bonchev–Trinajstić information content (AvgIpc) is 2.65. The van der Waals surface area contributed by atoms with Gasteiger partial charge in [0.05, 0.1) is 19.1 Å². The molecule has 7 heteroatoms. The zero-order chi connectivity index (χ0) is 18.4. The van der Waals surface area contributed by atoms with Crippen LogP contribution >= 0.6 is 0 Å². The normalized spacial score (nSPS) is 10.2. The van der Waals surface area contributed by atoms with Crippen molar-refractivity contribution in [3.05, 3.63) is 63.7 Å². The molecule has 0 aliphatic rings. The van der Waals surface area contributed by atoms with E-state index in [0.29, 0.717) is 24.6 Å². The van der Waals surface area contributed by atoms with Crippen molar-refractivity contribution in [2.45, 2.75) is 13.5 Å². The molecule has 2 aromatic carbocycles. The van der Waals surface area contributed by atoms with Gasteiger partial charge < -0.3 is 14.4 Å². The van der Waals surface area contributed by atoms with Crippen molar-refractivity contribution in [3.8, 4) is 11.5 Å². The molecule has 0 aromatic heterocycles. The van der Waals surface area contributed by atoms with Gasteiger partial charge in [-0.2, -0.15) is 0 Å². The maximum Gasteiger partial charge on any atom is 0.282 e. The van der Waals surface area contributed by atoms with Gasteiger partial charge in [-0.1, -0.05) is 18.2 Å². The number of rotatable bonds is 7. The highest BCUT2D eigenvalue weighted by Crippen LogP contribution is 2.28. The summed E-state index contributed by atoms with van der Waals surface area (Å²) in [5.41, 5.74) is 0.722. The Balaban J connectivity index is 2.29. The van der Waals surface area contributed by atoms with E-state index in [-0.39, 0.29) is 17.2 Å². The Labute approximate surface area is 145 Å². The van der Waals surface area contributed by atoms with Gasteiger partial charge in [0.2, 0.25) is 0 Å². The van der Waals surface area contributed by atoms with Crippen LogP contribution < -0.4 is 9.47 Å². The third-order valence-electron chi connectivity index (χ3n) is 3.82. The molecule has 0 fully saturated rings.